The minimum Gasteiger partial charge on any atom is -0.289 e. The predicted molar refractivity (Wildman–Crippen MR) is 61.2 cm³/mol. The van der Waals surface area contributed by atoms with E-state index in [4.69, 9.17) is 0 Å². The molecule has 1 nitrogen and oxygen atoms in total. The Labute approximate surface area is 110 Å². The first-order valence-corrected chi connectivity index (χ1v) is 5.45. The highest BCUT2D eigenvalue weighted by Gasteiger charge is 2.31. The third-order valence-corrected chi connectivity index (χ3v) is 2.58. The lowest BCUT2D eigenvalue weighted by Crippen LogP contribution is -2.08. The molecule has 0 heterocycles. The van der Waals surface area contributed by atoms with Crippen LogP contribution in [0.4, 0.5) is 22.0 Å². The summed E-state index contributed by atoms with van der Waals surface area (Å²) < 4.78 is 63.6. The highest BCUT2D eigenvalue weighted by atomic mass is 19.4. The van der Waals surface area contributed by atoms with Crippen molar-refractivity contribution in [2.24, 2.45) is 0 Å². The number of halogens is 5. The maximum absolute atomic E-state index is 13.0. The molecule has 0 amide bonds. The minimum absolute atomic E-state index is 0.287. The normalized spacial score (nSPS) is 11.4. The van der Waals surface area contributed by atoms with Crippen molar-refractivity contribution in [3.8, 4) is 0 Å². The highest BCUT2D eigenvalue weighted by molar-refractivity contribution is 6.09. The van der Waals surface area contributed by atoms with E-state index >= 15 is 0 Å². The predicted octanol–water partition coefficient (Wildman–Crippen LogP) is 4.21. The van der Waals surface area contributed by atoms with E-state index in [-0.39, 0.29) is 11.1 Å². The van der Waals surface area contributed by atoms with Crippen LogP contribution in [0.2, 0.25) is 0 Å². The summed E-state index contributed by atoms with van der Waals surface area (Å²) in [6.45, 7) is 0. The van der Waals surface area contributed by atoms with Gasteiger partial charge in [0.15, 0.2) is 5.78 Å². The van der Waals surface area contributed by atoms with Gasteiger partial charge in [-0.2, -0.15) is 13.2 Å². The van der Waals surface area contributed by atoms with Crippen LogP contribution in [-0.2, 0) is 6.18 Å². The van der Waals surface area contributed by atoms with Gasteiger partial charge in [-0.1, -0.05) is 12.1 Å². The van der Waals surface area contributed by atoms with E-state index in [0.29, 0.717) is 12.1 Å². The number of hydrogen-bond donors (Lipinski definition) is 0. The Hall–Kier alpha value is -2.24. The molecule has 0 atom stereocenters. The zero-order chi connectivity index (χ0) is 14.9. The molecule has 0 spiro atoms. The van der Waals surface area contributed by atoms with Gasteiger partial charge in [-0.3, -0.25) is 4.79 Å². The van der Waals surface area contributed by atoms with Gasteiger partial charge in [-0.25, -0.2) is 8.78 Å². The van der Waals surface area contributed by atoms with Crippen molar-refractivity contribution >= 4 is 5.78 Å². The molecule has 0 bridgehead atoms. The molecule has 2 rings (SSSR count). The van der Waals surface area contributed by atoms with E-state index in [0.717, 1.165) is 30.3 Å². The molecule has 104 valence electrons. The zero-order valence-corrected chi connectivity index (χ0v) is 9.84. The third-order valence-electron chi connectivity index (χ3n) is 2.58. The molecule has 0 N–H and O–H groups in total. The van der Waals surface area contributed by atoms with Crippen molar-refractivity contribution in [3.05, 3.63) is 70.8 Å². The Morgan fingerprint density at radius 3 is 2.00 bits per heavy atom. The summed E-state index contributed by atoms with van der Waals surface area (Å²) in [6.07, 6.45) is -4.59. The topological polar surface area (TPSA) is 17.1 Å². The number of carbonyl (C=O) groups is 1. The molecule has 20 heavy (non-hydrogen) atoms. The van der Waals surface area contributed by atoms with Gasteiger partial charge in [-0.05, 0) is 24.3 Å². The fraction of sp³-hybridized carbons (Fsp3) is 0.0714. The van der Waals surface area contributed by atoms with Crippen LogP contribution in [-0.4, -0.2) is 5.78 Å². The second-order valence-corrected chi connectivity index (χ2v) is 4.07. The minimum atomic E-state index is -4.59. The monoisotopic (exact) mass is 286 g/mol. The summed E-state index contributed by atoms with van der Waals surface area (Å²) >= 11 is 0. The first-order valence-electron chi connectivity index (χ1n) is 5.45. The van der Waals surface area contributed by atoms with Crippen LogP contribution in [0.5, 0.6) is 0 Å². The van der Waals surface area contributed by atoms with E-state index in [2.05, 4.69) is 0 Å². The van der Waals surface area contributed by atoms with Crippen LogP contribution in [0, 0.1) is 11.6 Å². The van der Waals surface area contributed by atoms with Gasteiger partial charge in [0, 0.05) is 17.2 Å². The van der Waals surface area contributed by atoms with Gasteiger partial charge >= 0.3 is 6.18 Å². The van der Waals surface area contributed by atoms with Crippen LogP contribution in [0.15, 0.2) is 42.5 Å². The standard InChI is InChI=1S/C14H7F5O/c15-11-5-9(6-12(16)7-11)13(20)8-2-1-3-10(4-8)14(17,18)19/h1-7H. The van der Waals surface area contributed by atoms with E-state index in [1.54, 1.807) is 0 Å². The number of carbonyl (C=O) groups excluding carboxylic acids is 1. The number of ketones is 1. The van der Waals surface area contributed by atoms with Crippen LogP contribution >= 0.6 is 0 Å². The lowest BCUT2D eigenvalue weighted by atomic mass is 10.0. The maximum Gasteiger partial charge on any atom is 0.416 e. The summed E-state index contributed by atoms with van der Waals surface area (Å²) in [6, 6.07) is 5.78. The van der Waals surface area contributed by atoms with Crippen molar-refractivity contribution < 1.29 is 26.7 Å². The smallest absolute Gasteiger partial charge is 0.289 e. The van der Waals surface area contributed by atoms with Gasteiger partial charge in [0.05, 0.1) is 5.56 Å². The number of alkyl halides is 3. The Morgan fingerprint density at radius 1 is 0.850 bits per heavy atom. The Morgan fingerprint density at radius 2 is 1.45 bits per heavy atom. The Balaban J connectivity index is 2.43. The molecule has 0 radical (unpaired) electrons. The molecule has 0 saturated carbocycles. The summed E-state index contributed by atoms with van der Waals surface area (Å²) in [5.74, 6) is -2.82. The van der Waals surface area contributed by atoms with E-state index in [9.17, 15) is 26.7 Å². The van der Waals surface area contributed by atoms with Crippen molar-refractivity contribution in [3.63, 3.8) is 0 Å². The molecule has 2 aromatic rings. The van der Waals surface area contributed by atoms with E-state index in [1.807, 2.05) is 0 Å². The molecule has 2 aromatic carbocycles. The molecule has 0 aromatic heterocycles. The molecule has 6 heteroatoms. The van der Waals surface area contributed by atoms with E-state index < -0.39 is 29.2 Å². The van der Waals surface area contributed by atoms with Crippen LogP contribution in [0.1, 0.15) is 21.5 Å². The number of benzene rings is 2. The summed E-state index contributed by atoms with van der Waals surface area (Å²) in [5, 5.41) is 0. The average molecular weight is 286 g/mol. The lowest BCUT2D eigenvalue weighted by Gasteiger charge is -2.08. The second-order valence-electron chi connectivity index (χ2n) is 4.07. The van der Waals surface area contributed by atoms with Gasteiger partial charge < -0.3 is 0 Å². The summed E-state index contributed by atoms with van der Waals surface area (Å²) in [4.78, 5) is 11.9. The number of rotatable bonds is 2. The molecule has 0 saturated heterocycles. The lowest BCUT2D eigenvalue weighted by molar-refractivity contribution is -0.137. The first kappa shape index (κ1) is 14.2. The van der Waals surface area contributed by atoms with Crippen LogP contribution < -0.4 is 0 Å². The molecular weight excluding hydrogens is 279 g/mol. The van der Waals surface area contributed by atoms with Gasteiger partial charge in [0.2, 0.25) is 0 Å². The quantitative estimate of drug-likeness (QED) is 0.597. The van der Waals surface area contributed by atoms with Gasteiger partial charge in [0.25, 0.3) is 0 Å². The molecule has 0 unspecified atom stereocenters. The summed E-state index contributed by atoms with van der Waals surface area (Å²) in [7, 11) is 0. The van der Waals surface area contributed by atoms with Crippen molar-refractivity contribution in [2.75, 3.05) is 0 Å². The average Bonchev–Trinajstić information content (AvgIpc) is 2.36. The van der Waals surface area contributed by atoms with Crippen molar-refractivity contribution in [2.45, 2.75) is 6.18 Å². The van der Waals surface area contributed by atoms with Crippen LogP contribution in [0.3, 0.4) is 0 Å². The van der Waals surface area contributed by atoms with E-state index in [1.165, 1.54) is 0 Å². The SMILES string of the molecule is O=C(c1cc(F)cc(F)c1)c1cccc(C(F)(F)F)c1. The van der Waals surface area contributed by atoms with Gasteiger partial charge in [0.1, 0.15) is 11.6 Å². The Bertz CT molecular complexity index is 641. The zero-order valence-electron chi connectivity index (χ0n) is 9.84. The summed E-state index contributed by atoms with van der Waals surface area (Å²) in [5.41, 5.74) is -1.63. The largest absolute Gasteiger partial charge is 0.416 e. The molecule has 0 aliphatic carbocycles. The second kappa shape index (κ2) is 5.03. The fourth-order valence-electron chi connectivity index (χ4n) is 1.69. The van der Waals surface area contributed by atoms with Crippen LogP contribution in [0.25, 0.3) is 0 Å². The third kappa shape index (κ3) is 3.01. The maximum atomic E-state index is 13.0. The number of hydrogen-bond acceptors (Lipinski definition) is 1. The van der Waals surface area contributed by atoms with Gasteiger partial charge in [-0.15, -0.1) is 0 Å². The molecule has 0 aliphatic heterocycles. The fourth-order valence-corrected chi connectivity index (χ4v) is 1.69. The Kier molecular flexibility index (Phi) is 3.57. The van der Waals surface area contributed by atoms with Crippen molar-refractivity contribution in [1.29, 1.82) is 0 Å². The molecular formula is C14H7F5O. The first-order chi connectivity index (χ1) is 9.27. The van der Waals surface area contributed by atoms with Crippen molar-refractivity contribution in [1.82, 2.24) is 0 Å². The molecule has 0 fully saturated rings. The molecule has 0 aliphatic rings. The highest BCUT2D eigenvalue weighted by Crippen LogP contribution is 2.30.